The smallest absolute Gasteiger partial charge is 0.295 e. The van der Waals surface area contributed by atoms with Crippen molar-refractivity contribution < 1.29 is 43.0 Å². The first-order valence-corrected chi connectivity index (χ1v) is 19.8. The van der Waals surface area contributed by atoms with E-state index in [0.717, 1.165) is 17.1 Å². The number of hydrogen-bond donors (Lipinski definition) is 4. The summed E-state index contributed by atoms with van der Waals surface area (Å²) in [6, 6.07) is 8.94. The second-order valence-electron chi connectivity index (χ2n) is 14.2. The highest BCUT2D eigenvalue weighted by molar-refractivity contribution is 6.13. The predicted molar refractivity (Wildman–Crippen MR) is 230 cm³/mol. The number of methoxy groups -OCH3 is 1. The molecule has 7 amide bonds. The van der Waals surface area contributed by atoms with Crippen LogP contribution in [0, 0.1) is 0 Å². The fourth-order valence-electron chi connectivity index (χ4n) is 6.72. The molecule has 0 fully saturated rings. The van der Waals surface area contributed by atoms with E-state index in [4.69, 9.17) is 20.9 Å². The minimum absolute atomic E-state index is 0.0358. The molecule has 0 aliphatic carbocycles. The van der Waals surface area contributed by atoms with Gasteiger partial charge in [0, 0.05) is 87.7 Å². The van der Waals surface area contributed by atoms with E-state index in [1.165, 1.54) is 61.1 Å². The molecule has 5 heterocycles. The molecule has 7 rings (SSSR count). The molecule has 4 aromatic heterocycles. The third kappa shape index (κ3) is 9.93. The highest BCUT2D eigenvalue weighted by atomic mass is 16.5. The van der Waals surface area contributed by atoms with E-state index in [1.54, 1.807) is 40.5 Å². The molecule has 23 nitrogen and oxygen atoms in total. The maximum atomic E-state index is 13.4. The fraction of sp³-hybridized carbons (Fsp3) is 0.214. The van der Waals surface area contributed by atoms with Gasteiger partial charge < -0.3 is 35.0 Å². The van der Waals surface area contributed by atoms with Crippen molar-refractivity contribution in [3.8, 4) is 11.5 Å². The van der Waals surface area contributed by atoms with Crippen molar-refractivity contribution in [1.82, 2.24) is 48.8 Å². The molecule has 0 unspecified atom stereocenters. The van der Waals surface area contributed by atoms with Gasteiger partial charge in [0.25, 0.3) is 23.6 Å². The molecular formula is C42H40N14O9. The molecule has 1 aliphatic heterocycles. The number of carbonyl (C=O) groups is 7. The van der Waals surface area contributed by atoms with E-state index in [-0.39, 0.29) is 96.8 Å². The van der Waals surface area contributed by atoms with Crippen LogP contribution in [0.4, 0.5) is 11.9 Å². The number of primary amides is 2. The molecule has 0 bridgehead atoms. The number of rotatable bonds is 19. The van der Waals surface area contributed by atoms with Crippen LogP contribution in [0.3, 0.4) is 0 Å². The molecule has 1 aliphatic rings. The summed E-state index contributed by atoms with van der Waals surface area (Å²) >= 11 is 0. The van der Waals surface area contributed by atoms with E-state index < -0.39 is 35.4 Å². The zero-order chi connectivity index (χ0) is 46.2. The number of nitrogens with two attached hydrogens (primary N) is 2. The number of aromatic nitrogens is 8. The van der Waals surface area contributed by atoms with Crippen molar-refractivity contribution >= 4 is 75.3 Å². The number of fused-ring (bicyclic) bond motifs is 2. The predicted octanol–water partition coefficient (Wildman–Crippen LogP) is 1.48. The van der Waals surface area contributed by atoms with Crippen molar-refractivity contribution in [2.75, 3.05) is 44.5 Å². The summed E-state index contributed by atoms with van der Waals surface area (Å²) in [7, 11) is 3.00. The van der Waals surface area contributed by atoms with Gasteiger partial charge in [-0.2, -0.15) is 0 Å². The van der Waals surface area contributed by atoms with Crippen LogP contribution >= 0.6 is 0 Å². The number of anilines is 2. The number of nitrogens with zero attached hydrogens (tertiary/aromatic N) is 10. The zero-order valence-corrected chi connectivity index (χ0v) is 34.8. The normalized spacial score (nSPS) is 12.3. The standard InChI is InChI=1S/C42H40N14O9/c1-53(30(57)10-18-54-31(58)8-9-32(54)59)15-7-19-65-29-23-25(36(44)61)21-27-34(29)56(42(50-27)52-40(63)38-47-13-6-14-48-38)17-4-3-16-55-33-26(20-24(35(43)60)22-28(33)64-2)49-41(55)51-39(62)37-45-11-5-12-46-37/h3-6,8-9,11-14,20-23H,7,10,15-19H2,1-2H3,(H2,43,60)(H2,44,61)(H,49,51,62)(H,50,52,63)/b4-3+. The van der Waals surface area contributed by atoms with Gasteiger partial charge in [-0.3, -0.25) is 49.1 Å². The van der Waals surface area contributed by atoms with Gasteiger partial charge in [-0.1, -0.05) is 12.2 Å². The average Bonchev–Trinajstić information content (AvgIpc) is 3.95. The van der Waals surface area contributed by atoms with Crippen molar-refractivity contribution in [1.29, 1.82) is 0 Å². The first-order valence-electron chi connectivity index (χ1n) is 19.8. The quantitative estimate of drug-likeness (QED) is 0.0509. The number of nitrogens with one attached hydrogen (secondary N) is 2. The summed E-state index contributed by atoms with van der Waals surface area (Å²) in [6.45, 7) is 0.359. The first kappa shape index (κ1) is 44.2. The lowest BCUT2D eigenvalue weighted by atomic mass is 10.1. The van der Waals surface area contributed by atoms with Crippen LogP contribution in [-0.4, -0.2) is 124 Å². The minimum atomic E-state index is -0.766. The van der Waals surface area contributed by atoms with Crippen LogP contribution in [0.15, 0.2) is 85.5 Å². The Morgan fingerprint density at radius 3 is 1.68 bits per heavy atom. The van der Waals surface area contributed by atoms with Crippen LogP contribution in [0.25, 0.3) is 22.1 Å². The maximum Gasteiger partial charge on any atom is 0.295 e. The van der Waals surface area contributed by atoms with Crippen molar-refractivity contribution in [3.63, 3.8) is 0 Å². The molecule has 0 radical (unpaired) electrons. The van der Waals surface area contributed by atoms with E-state index >= 15 is 0 Å². The summed E-state index contributed by atoms with van der Waals surface area (Å²) < 4.78 is 15.1. The molecule has 0 saturated carbocycles. The second-order valence-corrected chi connectivity index (χ2v) is 14.2. The second kappa shape index (κ2) is 19.4. The number of allylic oxidation sites excluding steroid dienone is 2. The maximum absolute atomic E-state index is 13.4. The van der Waals surface area contributed by atoms with Gasteiger partial charge in [-0.05, 0) is 42.8 Å². The van der Waals surface area contributed by atoms with Gasteiger partial charge in [-0.25, -0.2) is 29.9 Å². The molecule has 6 N–H and O–H groups in total. The molecule has 0 spiro atoms. The van der Waals surface area contributed by atoms with E-state index in [1.807, 2.05) is 0 Å². The number of hydrogen-bond acceptors (Lipinski definition) is 15. The third-order valence-corrected chi connectivity index (χ3v) is 9.90. The van der Waals surface area contributed by atoms with Crippen LogP contribution in [-0.2, 0) is 27.5 Å². The largest absolute Gasteiger partial charge is 0.494 e. The van der Waals surface area contributed by atoms with Gasteiger partial charge in [0.1, 0.15) is 22.5 Å². The Labute approximate surface area is 368 Å². The third-order valence-electron chi connectivity index (χ3n) is 9.90. The number of ether oxygens (including phenoxy) is 2. The Morgan fingerprint density at radius 1 is 0.723 bits per heavy atom. The lowest BCUT2D eigenvalue weighted by Gasteiger charge is -2.19. The number of carbonyl (C=O) groups excluding carboxylic acids is 7. The van der Waals surface area contributed by atoms with Crippen molar-refractivity contribution in [2.24, 2.45) is 11.5 Å². The summed E-state index contributed by atoms with van der Waals surface area (Å²) in [5, 5.41) is 5.46. The Bertz CT molecular complexity index is 2890. The summed E-state index contributed by atoms with van der Waals surface area (Å²) in [5.74, 6) is -3.77. The molecule has 65 heavy (non-hydrogen) atoms. The van der Waals surface area contributed by atoms with Crippen molar-refractivity contribution in [3.05, 3.63) is 108 Å². The summed E-state index contributed by atoms with van der Waals surface area (Å²) in [6.07, 6.45) is 11.7. The monoisotopic (exact) mass is 884 g/mol. The van der Waals surface area contributed by atoms with E-state index in [0.29, 0.717) is 23.0 Å². The Hall–Kier alpha value is -8.89. The number of imidazole rings is 2. The SMILES string of the molecule is COc1cc(C(N)=O)cc2nc(NC(=O)c3ncccn3)n(C/C=C/Cn3c(NC(=O)c4ncccn4)nc4cc(C(N)=O)cc(OCCCN(C)C(=O)CCN5C(=O)C=CC5=O)c43)c12. The molecule has 2 aromatic carbocycles. The van der Waals surface area contributed by atoms with Crippen LogP contribution in [0.2, 0.25) is 0 Å². The lowest BCUT2D eigenvalue weighted by molar-refractivity contribution is -0.138. The molecule has 23 heteroatoms. The molecule has 6 aromatic rings. The van der Waals surface area contributed by atoms with Crippen molar-refractivity contribution in [2.45, 2.75) is 25.9 Å². The Morgan fingerprint density at radius 2 is 1.20 bits per heavy atom. The van der Waals surface area contributed by atoms with Gasteiger partial charge >= 0.3 is 0 Å². The highest BCUT2D eigenvalue weighted by Crippen LogP contribution is 2.33. The molecular weight excluding hydrogens is 845 g/mol. The summed E-state index contributed by atoms with van der Waals surface area (Å²) in [4.78, 5) is 116. The highest BCUT2D eigenvalue weighted by Gasteiger charge is 2.25. The number of imide groups is 1. The van der Waals surface area contributed by atoms with E-state index in [9.17, 15) is 33.6 Å². The zero-order valence-electron chi connectivity index (χ0n) is 34.8. The fourth-order valence-corrected chi connectivity index (χ4v) is 6.72. The van der Waals surface area contributed by atoms with Gasteiger partial charge in [0.05, 0.1) is 24.8 Å². The number of amides is 7. The topological polar surface area (TPSA) is 308 Å². The first-order chi connectivity index (χ1) is 31.3. The van der Waals surface area contributed by atoms with Crippen LogP contribution < -0.4 is 31.6 Å². The van der Waals surface area contributed by atoms with Crippen LogP contribution in [0.5, 0.6) is 11.5 Å². The Balaban J connectivity index is 1.17. The van der Waals surface area contributed by atoms with E-state index in [2.05, 4.69) is 40.5 Å². The Kier molecular flexibility index (Phi) is 13.2. The molecule has 0 saturated heterocycles. The average molecular weight is 885 g/mol. The minimum Gasteiger partial charge on any atom is -0.494 e. The number of benzene rings is 2. The summed E-state index contributed by atoms with van der Waals surface area (Å²) in [5.41, 5.74) is 12.8. The lowest BCUT2D eigenvalue weighted by Crippen LogP contribution is -2.36. The molecule has 332 valence electrons. The molecule has 0 atom stereocenters. The van der Waals surface area contributed by atoms with Gasteiger partial charge in [-0.15, -0.1) is 0 Å². The van der Waals surface area contributed by atoms with Crippen LogP contribution in [0.1, 0.15) is 54.8 Å². The van der Waals surface area contributed by atoms with Gasteiger partial charge in [0.2, 0.25) is 41.3 Å². The van der Waals surface area contributed by atoms with Gasteiger partial charge in [0.15, 0.2) is 0 Å².